The zero-order valence-corrected chi connectivity index (χ0v) is 12.4. The molecule has 17 heavy (non-hydrogen) atoms. The van der Waals surface area contributed by atoms with Crippen LogP contribution >= 0.6 is 11.3 Å². The van der Waals surface area contributed by atoms with Crippen LogP contribution in [0.3, 0.4) is 0 Å². The van der Waals surface area contributed by atoms with E-state index in [1.54, 1.807) is 0 Å². The van der Waals surface area contributed by atoms with E-state index in [-0.39, 0.29) is 0 Å². The molecular weight excluding hydrogens is 228 g/mol. The number of nitrogens with one attached hydrogen (secondary N) is 1. The van der Waals surface area contributed by atoms with E-state index in [0.29, 0.717) is 6.04 Å². The van der Waals surface area contributed by atoms with Gasteiger partial charge in [0.25, 0.3) is 0 Å². The van der Waals surface area contributed by atoms with E-state index in [2.05, 4.69) is 49.4 Å². The highest BCUT2D eigenvalue weighted by atomic mass is 32.1. The molecule has 0 aliphatic carbocycles. The molecule has 0 aliphatic heterocycles. The Balaban J connectivity index is 2.58. The van der Waals surface area contributed by atoms with Crippen LogP contribution in [0.4, 0.5) is 0 Å². The SMILES string of the molecule is CCNC(CCN(CC)CC)c1sccc1C. The molecule has 1 heterocycles. The van der Waals surface area contributed by atoms with E-state index in [0.717, 1.165) is 19.6 Å². The highest BCUT2D eigenvalue weighted by Gasteiger charge is 2.14. The maximum Gasteiger partial charge on any atom is 0.0429 e. The highest BCUT2D eigenvalue weighted by molar-refractivity contribution is 7.10. The van der Waals surface area contributed by atoms with E-state index in [9.17, 15) is 0 Å². The first-order chi connectivity index (χ1) is 8.22. The molecule has 0 radical (unpaired) electrons. The Labute approximate surface area is 110 Å². The van der Waals surface area contributed by atoms with Gasteiger partial charge >= 0.3 is 0 Å². The standard InChI is InChI=1S/C14H26N2S/c1-5-15-13(8-10-16(6-2)7-3)14-12(4)9-11-17-14/h9,11,13,15H,5-8,10H2,1-4H3. The molecule has 2 nitrogen and oxygen atoms in total. The van der Waals surface area contributed by atoms with Crippen molar-refractivity contribution in [2.45, 2.75) is 40.2 Å². The van der Waals surface area contributed by atoms with Crippen LogP contribution in [-0.4, -0.2) is 31.1 Å². The third-order valence-electron chi connectivity index (χ3n) is 3.30. The Kier molecular flexibility index (Phi) is 6.78. The summed E-state index contributed by atoms with van der Waals surface area (Å²) < 4.78 is 0. The van der Waals surface area contributed by atoms with Gasteiger partial charge in [-0.05, 0) is 56.5 Å². The molecule has 1 aromatic heterocycles. The summed E-state index contributed by atoms with van der Waals surface area (Å²) >= 11 is 1.88. The van der Waals surface area contributed by atoms with E-state index in [1.165, 1.54) is 23.4 Å². The zero-order chi connectivity index (χ0) is 12.7. The molecule has 1 unspecified atom stereocenters. The van der Waals surface area contributed by atoms with Gasteiger partial charge in [0.15, 0.2) is 0 Å². The van der Waals surface area contributed by atoms with Crippen LogP contribution in [0.2, 0.25) is 0 Å². The first kappa shape index (κ1) is 14.7. The molecule has 1 atom stereocenters. The number of thiophene rings is 1. The lowest BCUT2D eigenvalue weighted by atomic mass is 10.1. The van der Waals surface area contributed by atoms with Gasteiger partial charge in [0.2, 0.25) is 0 Å². The Morgan fingerprint density at radius 2 is 2.00 bits per heavy atom. The van der Waals surface area contributed by atoms with Crippen LogP contribution in [0.1, 0.15) is 43.7 Å². The molecule has 0 saturated carbocycles. The van der Waals surface area contributed by atoms with Crippen molar-refractivity contribution in [3.05, 3.63) is 21.9 Å². The molecular formula is C14H26N2S. The molecule has 0 spiro atoms. The molecule has 1 aromatic rings. The number of hydrogen-bond donors (Lipinski definition) is 1. The fraction of sp³-hybridized carbons (Fsp3) is 0.714. The van der Waals surface area contributed by atoms with Gasteiger partial charge in [-0.25, -0.2) is 0 Å². The van der Waals surface area contributed by atoms with Crippen molar-refractivity contribution in [2.24, 2.45) is 0 Å². The highest BCUT2D eigenvalue weighted by Crippen LogP contribution is 2.26. The number of aryl methyl sites for hydroxylation is 1. The van der Waals surface area contributed by atoms with Gasteiger partial charge in [0.05, 0.1) is 0 Å². The summed E-state index contributed by atoms with van der Waals surface area (Å²) in [5.74, 6) is 0. The molecule has 0 amide bonds. The molecule has 3 heteroatoms. The molecule has 98 valence electrons. The maximum absolute atomic E-state index is 3.61. The first-order valence-corrected chi connectivity index (χ1v) is 7.60. The summed E-state index contributed by atoms with van der Waals surface area (Å²) in [7, 11) is 0. The fourth-order valence-electron chi connectivity index (χ4n) is 2.17. The minimum Gasteiger partial charge on any atom is -0.309 e. The third kappa shape index (κ3) is 4.41. The van der Waals surface area contributed by atoms with Crippen LogP contribution in [-0.2, 0) is 0 Å². The van der Waals surface area contributed by atoms with Crippen molar-refractivity contribution in [1.82, 2.24) is 10.2 Å². The number of hydrogen-bond acceptors (Lipinski definition) is 3. The van der Waals surface area contributed by atoms with Crippen LogP contribution in [0.5, 0.6) is 0 Å². The smallest absolute Gasteiger partial charge is 0.0429 e. The minimum absolute atomic E-state index is 0.528. The van der Waals surface area contributed by atoms with Crippen molar-refractivity contribution in [2.75, 3.05) is 26.2 Å². The summed E-state index contributed by atoms with van der Waals surface area (Å²) in [4.78, 5) is 4.01. The minimum atomic E-state index is 0.528. The van der Waals surface area contributed by atoms with Crippen LogP contribution in [0.15, 0.2) is 11.4 Å². The van der Waals surface area contributed by atoms with Crippen molar-refractivity contribution in [3.8, 4) is 0 Å². The van der Waals surface area contributed by atoms with Gasteiger partial charge in [0.1, 0.15) is 0 Å². The average molecular weight is 254 g/mol. The lowest BCUT2D eigenvalue weighted by molar-refractivity contribution is 0.283. The van der Waals surface area contributed by atoms with Crippen LogP contribution in [0, 0.1) is 6.92 Å². The molecule has 0 aliphatic rings. The van der Waals surface area contributed by atoms with Gasteiger partial charge in [-0.2, -0.15) is 0 Å². The quantitative estimate of drug-likeness (QED) is 0.764. The first-order valence-electron chi connectivity index (χ1n) is 6.72. The summed E-state index contributed by atoms with van der Waals surface area (Å²) in [6.07, 6.45) is 1.21. The van der Waals surface area contributed by atoms with Gasteiger partial charge < -0.3 is 10.2 Å². The predicted octanol–water partition coefficient (Wildman–Crippen LogP) is 3.44. The summed E-state index contributed by atoms with van der Waals surface area (Å²) in [5.41, 5.74) is 1.43. The van der Waals surface area contributed by atoms with E-state index < -0.39 is 0 Å². The third-order valence-corrected chi connectivity index (χ3v) is 4.43. The van der Waals surface area contributed by atoms with Crippen molar-refractivity contribution < 1.29 is 0 Å². The van der Waals surface area contributed by atoms with Crippen LogP contribution < -0.4 is 5.32 Å². The monoisotopic (exact) mass is 254 g/mol. The van der Waals surface area contributed by atoms with Gasteiger partial charge in [-0.3, -0.25) is 0 Å². The summed E-state index contributed by atoms with van der Waals surface area (Å²) in [6.45, 7) is 13.4. The lowest BCUT2D eigenvalue weighted by Crippen LogP contribution is -2.29. The van der Waals surface area contributed by atoms with Crippen molar-refractivity contribution >= 4 is 11.3 Å². The molecule has 0 saturated heterocycles. The van der Waals surface area contributed by atoms with E-state index >= 15 is 0 Å². The lowest BCUT2D eigenvalue weighted by Gasteiger charge is -2.23. The van der Waals surface area contributed by atoms with E-state index in [1.807, 2.05) is 11.3 Å². The Bertz CT molecular complexity index is 305. The Morgan fingerprint density at radius 1 is 1.29 bits per heavy atom. The topological polar surface area (TPSA) is 15.3 Å². The second kappa shape index (κ2) is 7.85. The molecule has 0 aromatic carbocycles. The second-order valence-corrected chi connectivity index (χ2v) is 5.34. The van der Waals surface area contributed by atoms with Crippen LogP contribution in [0.25, 0.3) is 0 Å². The number of rotatable bonds is 8. The summed E-state index contributed by atoms with van der Waals surface area (Å²) in [6, 6.07) is 2.75. The van der Waals surface area contributed by atoms with Gasteiger partial charge in [-0.1, -0.05) is 20.8 Å². The largest absolute Gasteiger partial charge is 0.309 e. The Hall–Kier alpha value is -0.380. The molecule has 1 rings (SSSR count). The molecule has 0 fully saturated rings. The Morgan fingerprint density at radius 3 is 2.47 bits per heavy atom. The van der Waals surface area contributed by atoms with E-state index in [4.69, 9.17) is 0 Å². The van der Waals surface area contributed by atoms with Crippen molar-refractivity contribution in [1.29, 1.82) is 0 Å². The number of nitrogens with zero attached hydrogens (tertiary/aromatic N) is 1. The molecule has 1 N–H and O–H groups in total. The normalized spacial score (nSPS) is 13.2. The van der Waals surface area contributed by atoms with Gasteiger partial charge in [-0.15, -0.1) is 11.3 Å². The maximum atomic E-state index is 3.61. The van der Waals surface area contributed by atoms with Gasteiger partial charge in [0, 0.05) is 10.9 Å². The second-order valence-electron chi connectivity index (χ2n) is 4.39. The summed E-state index contributed by atoms with van der Waals surface area (Å²) in [5, 5.41) is 5.81. The van der Waals surface area contributed by atoms with Crippen molar-refractivity contribution in [3.63, 3.8) is 0 Å². The average Bonchev–Trinajstić information content (AvgIpc) is 2.75. The predicted molar refractivity (Wildman–Crippen MR) is 77.9 cm³/mol. The fourth-order valence-corrected chi connectivity index (χ4v) is 3.20. The molecule has 0 bridgehead atoms. The zero-order valence-electron chi connectivity index (χ0n) is 11.6.